The molecule has 0 spiro atoms. The van der Waals surface area contributed by atoms with Gasteiger partial charge in [0, 0.05) is 6.07 Å². The second kappa shape index (κ2) is 2.71. The van der Waals surface area contributed by atoms with Crippen LogP contribution in [0.2, 0.25) is 5.28 Å². The minimum Gasteiger partial charge on any atom is -0.477 e. The average molecular weight is 175 g/mol. The molecule has 58 valence electrons. The van der Waals surface area contributed by atoms with Gasteiger partial charge in [-0.05, 0) is 11.6 Å². The maximum absolute atomic E-state index is 10.6. The van der Waals surface area contributed by atoms with Crippen molar-refractivity contribution in [3.05, 3.63) is 27.4 Å². The first-order chi connectivity index (χ1) is 5.09. The van der Waals surface area contributed by atoms with Crippen molar-refractivity contribution in [3.63, 3.8) is 0 Å². The molecule has 0 amide bonds. The summed E-state index contributed by atoms with van der Waals surface area (Å²) in [6.45, 7) is 0. The second-order valence-corrected chi connectivity index (χ2v) is 2.08. The van der Waals surface area contributed by atoms with E-state index in [1.807, 2.05) is 0 Å². The van der Waals surface area contributed by atoms with Crippen LogP contribution in [-0.2, 0) is 0 Å². The van der Waals surface area contributed by atoms with Crippen LogP contribution < -0.4 is 5.56 Å². The van der Waals surface area contributed by atoms with Gasteiger partial charge in [0.05, 0.1) is 0 Å². The third-order valence-electron chi connectivity index (χ3n) is 0.932. The molecule has 1 aromatic heterocycles. The van der Waals surface area contributed by atoms with E-state index in [-0.39, 0.29) is 11.0 Å². The predicted octanol–water partition coefficient (Wildman–Crippen LogP) is 0.121. The molecule has 6 heteroatoms. The first-order valence-electron chi connectivity index (χ1n) is 2.60. The predicted molar refractivity (Wildman–Crippen MR) is 36.8 cm³/mol. The van der Waals surface area contributed by atoms with Gasteiger partial charge in [-0.1, -0.05) is 0 Å². The van der Waals surface area contributed by atoms with Gasteiger partial charge in [-0.15, -0.1) is 0 Å². The minimum atomic E-state index is -1.28. The first kappa shape index (κ1) is 7.74. The van der Waals surface area contributed by atoms with Crippen molar-refractivity contribution < 1.29 is 9.90 Å². The van der Waals surface area contributed by atoms with E-state index in [2.05, 4.69) is 9.97 Å². The number of carboxylic acid groups (broad SMARTS) is 1. The Bertz CT molecular complexity index is 346. The van der Waals surface area contributed by atoms with Gasteiger partial charge in [0.2, 0.25) is 5.28 Å². The topological polar surface area (TPSA) is 83.0 Å². The van der Waals surface area contributed by atoms with Crippen LogP contribution >= 0.6 is 11.6 Å². The largest absolute Gasteiger partial charge is 0.477 e. The minimum absolute atomic E-state index is 0.227. The van der Waals surface area contributed by atoms with E-state index in [0.29, 0.717) is 0 Å². The Morgan fingerprint density at radius 3 is 2.82 bits per heavy atom. The number of rotatable bonds is 1. The van der Waals surface area contributed by atoms with Crippen molar-refractivity contribution in [1.29, 1.82) is 0 Å². The van der Waals surface area contributed by atoms with Crippen LogP contribution in [0.1, 0.15) is 10.5 Å². The smallest absolute Gasteiger partial charge is 0.354 e. The summed E-state index contributed by atoms with van der Waals surface area (Å²) in [5, 5.41) is 8.13. The number of hydrogen-bond donors (Lipinski definition) is 2. The lowest BCUT2D eigenvalue weighted by Crippen LogP contribution is -2.11. The van der Waals surface area contributed by atoms with Crippen molar-refractivity contribution in [3.8, 4) is 0 Å². The molecule has 0 atom stereocenters. The van der Waals surface area contributed by atoms with Crippen molar-refractivity contribution in [2.24, 2.45) is 0 Å². The number of aromatic nitrogens is 2. The zero-order chi connectivity index (χ0) is 8.43. The van der Waals surface area contributed by atoms with Crippen LogP contribution in [0.5, 0.6) is 0 Å². The number of halogens is 1. The van der Waals surface area contributed by atoms with Gasteiger partial charge in [-0.3, -0.25) is 9.78 Å². The Balaban J connectivity index is 3.30. The summed E-state index contributed by atoms with van der Waals surface area (Å²) in [7, 11) is 0. The van der Waals surface area contributed by atoms with Crippen molar-refractivity contribution >= 4 is 17.6 Å². The van der Waals surface area contributed by atoms with Crippen LogP contribution in [-0.4, -0.2) is 21.0 Å². The molecule has 0 bridgehead atoms. The molecule has 11 heavy (non-hydrogen) atoms. The monoisotopic (exact) mass is 174 g/mol. The Morgan fingerprint density at radius 2 is 2.36 bits per heavy atom. The fourth-order valence-corrected chi connectivity index (χ4v) is 0.722. The molecule has 0 aliphatic carbocycles. The van der Waals surface area contributed by atoms with Gasteiger partial charge >= 0.3 is 5.97 Å². The lowest BCUT2D eigenvalue weighted by molar-refractivity contribution is 0.0690. The normalized spacial score (nSPS) is 9.55. The molecule has 0 saturated heterocycles. The second-order valence-electron chi connectivity index (χ2n) is 1.73. The molecule has 0 aliphatic rings. The first-order valence-corrected chi connectivity index (χ1v) is 2.97. The molecule has 1 heterocycles. The van der Waals surface area contributed by atoms with E-state index in [9.17, 15) is 9.59 Å². The van der Waals surface area contributed by atoms with E-state index in [4.69, 9.17) is 16.7 Å². The number of nitrogens with zero attached hydrogens (tertiary/aromatic N) is 1. The summed E-state index contributed by atoms with van der Waals surface area (Å²) in [5.74, 6) is -1.28. The van der Waals surface area contributed by atoms with Gasteiger partial charge in [0.25, 0.3) is 5.56 Å². The van der Waals surface area contributed by atoms with E-state index in [1.165, 1.54) is 0 Å². The van der Waals surface area contributed by atoms with E-state index in [1.54, 1.807) is 0 Å². The third kappa shape index (κ3) is 1.78. The Morgan fingerprint density at radius 1 is 1.73 bits per heavy atom. The molecule has 0 aliphatic heterocycles. The van der Waals surface area contributed by atoms with Crippen LogP contribution in [0.4, 0.5) is 0 Å². The summed E-state index contributed by atoms with van der Waals surface area (Å²) in [4.78, 5) is 26.2. The fraction of sp³-hybridized carbons (Fsp3) is 0. The lowest BCUT2D eigenvalue weighted by Gasteiger charge is -1.91. The maximum atomic E-state index is 10.6. The summed E-state index contributed by atoms with van der Waals surface area (Å²) >= 11 is 5.26. The van der Waals surface area contributed by atoms with Crippen molar-refractivity contribution in [1.82, 2.24) is 9.97 Å². The number of hydrogen-bond acceptors (Lipinski definition) is 3. The summed E-state index contributed by atoms with van der Waals surface area (Å²) in [6, 6.07) is 0.855. The van der Waals surface area contributed by atoms with Crippen LogP contribution in [0.15, 0.2) is 10.9 Å². The Hall–Kier alpha value is -1.36. The Labute approximate surface area is 65.7 Å². The highest BCUT2D eigenvalue weighted by Crippen LogP contribution is 1.96. The molecule has 1 rings (SSSR count). The van der Waals surface area contributed by atoms with Crippen LogP contribution in [0.3, 0.4) is 0 Å². The van der Waals surface area contributed by atoms with E-state index in [0.717, 1.165) is 6.07 Å². The highest BCUT2D eigenvalue weighted by molar-refractivity contribution is 6.28. The standard InChI is InChI=1S/C5H3ClN2O3/c6-5-7-2(4(10)11)1-3(9)8-5/h1H,(H,10,11)(H,7,8,9). The molecule has 0 fully saturated rings. The number of aromatic amines is 1. The molecule has 1 aromatic rings. The average Bonchev–Trinajstić information content (AvgIpc) is 1.85. The Kier molecular flexibility index (Phi) is 1.91. The number of nitrogens with one attached hydrogen (secondary N) is 1. The molecule has 0 radical (unpaired) electrons. The van der Waals surface area contributed by atoms with Gasteiger partial charge in [0.1, 0.15) is 0 Å². The van der Waals surface area contributed by atoms with Crippen molar-refractivity contribution in [2.75, 3.05) is 0 Å². The van der Waals surface area contributed by atoms with Gasteiger partial charge in [-0.2, -0.15) is 0 Å². The molecule has 0 saturated carbocycles. The summed E-state index contributed by atoms with van der Waals surface area (Å²) in [6.07, 6.45) is 0. The maximum Gasteiger partial charge on any atom is 0.354 e. The van der Waals surface area contributed by atoms with Gasteiger partial charge in [-0.25, -0.2) is 9.78 Å². The molecule has 2 N–H and O–H groups in total. The van der Waals surface area contributed by atoms with Crippen LogP contribution in [0.25, 0.3) is 0 Å². The number of H-pyrrole nitrogens is 1. The zero-order valence-electron chi connectivity index (χ0n) is 5.17. The number of carboxylic acids is 1. The van der Waals surface area contributed by atoms with E-state index < -0.39 is 11.5 Å². The van der Waals surface area contributed by atoms with Crippen LogP contribution in [0, 0.1) is 0 Å². The molecule has 0 aromatic carbocycles. The lowest BCUT2D eigenvalue weighted by atomic mass is 10.4. The van der Waals surface area contributed by atoms with E-state index >= 15 is 0 Å². The fourth-order valence-electron chi connectivity index (χ4n) is 0.537. The summed E-state index contributed by atoms with van der Waals surface area (Å²) < 4.78 is 0. The van der Waals surface area contributed by atoms with Crippen molar-refractivity contribution in [2.45, 2.75) is 0 Å². The number of aromatic carboxylic acids is 1. The highest BCUT2D eigenvalue weighted by Gasteiger charge is 2.05. The SMILES string of the molecule is O=C(O)c1cc(=O)[nH]c(Cl)n1. The van der Waals surface area contributed by atoms with Gasteiger partial charge in [0.15, 0.2) is 5.69 Å². The molecule has 5 nitrogen and oxygen atoms in total. The quantitative estimate of drug-likeness (QED) is 0.593. The third-order valence-corrected chi connectivity index (χ3v) is 1.11. The number of carbonyl (C=O) groups is 1. The van der Waals surface area contributed by atoms with Gasteiger partial charge < -0.3 is 5.11 Å². The summed E-state index contributed by atoms with van der Waals surface area (Å²) in [5.41, 5.74) is -0.943. The molecular weight excluding hydrogens is 172 g/mol. The highest BCUT2D eigenvalue weighted by atomic mass is 35.5. The molecule has 0 unspecified atom stereocenters. The zero-order valence-corrected chi connectivity index (χ0v) is 5.92. The molecular formula is C5H3ClN2O3.